The zero-order valence-corrected chi connectivity index (χ0v) is 38.3. The zero-order chi connectivity index (χ0) is 45.7. The maximum Gasteiger partial charge on any atom is 0.272 e. The van der Waals surface area contributed by atoms with E-state index in [4.69, 9.17) is 18.9 Å². The largest absolute Gasteiger partial charge is 0.481 e. The lowest BCUT2D eigenvalue weighted by Gasteiger charge is -2.22. The predicted molar refractivity (Wildman–Crippen MR) is 255 cm³/mol. The number of carbonyl (C=O) groups is 4. The molecule has 2 aromatic heterocycles. The van der Waals surface area contributed by atoms with E-state index in [-0.39, 0.29) is 35.0 Å². The molecule has 0 radical (unpaired) electrons. The summed E-state index contributed by atoms with van der Waals surface area (Å²) >= 11 is 3.50. The van der Waals surface area contributed by atoms with Gasteiger partial charge in [-0.05, 0) is 101 Å². The van der Waals surface area contributed by atoms with Gasteiger partial charge >= 0.3 is 0 Å². The van der Waals surface area contributed by atoms with Crippen molar-refractivity contribution >= 4 is 72.5 Å². The van der Waals surface area contributed by atoms with Crippen molar-refractivity contribution in [3.63, 3.8) is 0 Å². The second-order valence-corrected chi connectivity index (χ2v) is 16.4. The highest BCUT2D eigenvalue weighted by Gasteiger charge is 2.23. The highest BCUT2D eigenvalue weighted by atomic mass is 79.9. The third-order valence-corrected chi connectivity index (χ3v) is 12.3. The molecular weight excluding hydrogens is 892 g/mol. The van der Waals surface area contributed by atoms with Crippen LogP contribution in [0.2, 0.25) is 0 Å². The zero-order valence-electron chi connectivity index (χ0n) is 36.7. The molecule has 8 rings (SSSR count). The van der Waals surface area contributed by atoms with Gasteiger partial charge in [0.25, 0.3) is 23.6 Å². The number of hydrogen-bond acceptors (Lipinski definition) is 10. The molecule has 338 valence electrons. The van der Waals surface area contributed by atoms with Crippen LogP contribution in [0.3, 0.4) is 0 Å². The Kier molecular flexibility index (Phi) is 16.1. The number of pyridine rings is 2. The molecule has 14 nitrogen and oxygen atoms in total. The van der Waals surface area contributed by atoms with Crippen molar-refractivity contribution in [3.8, 4) is 11.8 Å². The summed E-state index contributed by atoms with van der Waals surface area (Å²) in [6, 6.07) is 29.5. The molecular formula is C50H53BrN6O8. The Bertz CT molecular complexity index is 2670. The van der Waals surface area contributed by atoms with Crippen molar-refractivity contribution in [3.05, 3.63) is 131 Å². The second kappa shape index (κ2) is 22.5. The second-order valence-electron chi connectivity index (χ2n) is 15.9. The normalized spacial score (nSPS) is 14.2. The molecule has 15 heteroatoms. The van der Waals surface area contributed by atoms with Crippen LogP contribution in [0.1, 0.15) is 78.5 Å². The summed E-state index contributed by atoms with van der Waals surface area (Å²) in [6.07, 6.45) is 3.64. The van der Waals surface area contributed by atoms with Gasteiger partial charge in [-0.3, -0.25) is 19.2 Å². The van der Waals surface area contributed by atoms with Crippen LogP contribution in [0.5, 0.6) is 11.8 Å². The van der Waals surface area contributed by atoms with Crippen molar-refractivity contribution in [1.29, 1.82) is 0 Å². The van der Waals surface area contributed by atoms with Gasteiger partial charge in [0, 0.05) is 68.1 Å². The first-order valence-electron chi connectivity index (χ1n) is 21.7. The number of rotatable bonds is 13. The molecule has 4 N–H and O–H groups in total. The molecule has 4 heterocycles. The van der Waals surface area contributed by atoms with Crippen LogP contribution in [0.15, 0.2) is 97.1 Å². The molecule has 0 bridgehead atoms. The first kappa shape index (κ1) is 46.6. The molecule has 2 aliphatic heterocycles. The SMILES string of the molecule is COc1ccc(NC(=O)c2ccc(C)c3ccccc23)c(C(=O)NCC2CCOCC2)n1.COc1ccc(NC(=O)c2ccc(CBr)c3ccccc23)c(C(=O)NCC2CCOCC2)n1. The van der Waals surface area contributed by atoms with E-state index in [2.05, 4.69) is 47.2 Å². The summed E-state index contributed by atoms with van der Waals surface area (Å²) in [5.74, 6) is 0.0383. The first-order chi connectivity index (χ1) is 31.7. The standard InChI is InChI=1S/C25H26BrN3O4.C25H27N3O4/c1-32-22-9-8-21(23(29-22)25(31)27-15-16-10-12-33-13-11-16)28-24(30)20-7-6-17(14-26)18-4-2-3-5-19(18)20;1-16-7-8-20(19-6-4-3-5-18(16)19)24(29)27-21-9-10-22(31-2)28-23(21)25(30)26-15-17-11-13-32-14-12-17/h2-9,16H,10-15H2,1H3,(H,27,31)(H,28,30);3-10,17H,11-15H2,1-2H3,(H,26,30)(H,27,29). The molecule has 0 atom stereocenters. The number of hydrogen-bond donors (Lipinski definition) is 4. The number of amides is 4. The highest BCUT2D eigenvalue weighted by molar-refractivity contribution is 9.08. The fourth-order valence-corrected chi connectivity index (χ4v) is 8.39. The number of aromatic nitrogens is 2. The number of benzene rings is 4. The van der Waals surface area contributed by atoms with Crippen LogP contribution in [-0.4, -0.2) is 87.3 Å². The van der Waals surface area contributed by atoms with Gasteiger partial charge in [0.1, 0.15) is 0 Å². The number of anilines is 2. The molecule has 6 aromatic rings. The van der Waals surface area contributed by atoms with E-state index in [1.165, 1.54) is 14.2 Å². The van der Waals surface area contributed by atoms with Crippen LogP contribution in [0, 0.1) is 18.8 Å². The number of methoxy groups -OCH3 is 2. The third kappa shape index (κ3) is 11.6. The lowest BCUT2D eigenvalue weighted by atomic mass is 9.99. The number of alkyl halides is 1. The quantitative estimate of drug-likeness (QED) is 0.0821. The van der Waals surface area contributed by atoms with E-state index in [9.17, 15) is 19.2 Å². The van der Waals surface area contributed by atoms with Crippen molar-refractivity contribution in [2.75, 3.05) is 64.4 Å². The Morgan fingerprint density at radius 2 is 1.00 bits per heavy atom. The summed E-state index contributed by atoms with van der Waals surface area (Å²) in [6.45, 7) is 5.93. The predicted octanol–water partition coefficient (Wildman–Crippen LogP) is 8.51. The van der Waals surface area contributed by atoms with Gasteiger partial charge in [-0.15, -0.1) is 0 Å². The molecule has 0 saturated carbocycles. The number of halogens is 1. The summed E-state index contributed by atoms with van der Waals surface area (Å²) in [7, 11) is 2.98. The topological polar surface area (TPSA) is 179 Å². The molecule has 0 spiro atoms. The molecule has 2 saturated heterocycles. The van der Waals surface area contributed by atoms with Gasteiger partial charge in [0.15, 0.2) is 11.4 Å². The van der Waals surface area contributed by atoms with Gasteiger partial charge < -0.3 is 40.2 Å². The Morgan fingerprint density at radius 1 is 0.569 bits per heavy atom. The van der Waals surface area contributed by atoms with Crippen molar-refractivity contribution in [2.24, 2.45) is 11.8 Å². The molecule has 4 aromatic carbocycles. The molecule has 0 unspecified atom stereocenters. The molecule has 0 aliphatic carbocycles. The molecule has 2 aliphatic rings. The summed E-state index contributed by atoms with van der Waals surface area (Å²) in [5.41, 5.74) is 4.18. The average Bonchev–Trinajstić information content (AvgIpc) is 3.35. The van der Waals surface area contributed by atoms with Crippen LogP contribution in [0.25, 0.3) is 21.5 Å². The summed E-state index contributed by atoms with van der Waals surface area (Å²) in [4.78, 5) is 60.9. The van der Waals surface area contributed by atoms with Crippen molar-refractivity contribution in [1.82, 2.24) is 20.6 Å². The van der Waals surface area contributed by atoms with Crippen LogP contribution >= 0.6 is 15.9 Å². The minimum absolute atomic E-state index is 0.121. The summed E-state index contributed by atoms with van der Waals surface area (Å²) < 4.78 is 21.2. The number of carbonyl (C=O) groups excluding carboxylic acids is 4. The number of aryl methyl sites for hydroxylation is 1. The fraction of sp³-hybridized carbons (Fsp3) is 0.320. The van der Waals surface area contributed by atoms with E-state index in [1.807, 2.05) is 67.6 Å². The number of nitrogens with zero attached hydrogens (tertiary/aromatic N) is 2. The van der Waals surface area contributed by atoms with Crippen molar-refractivity contribution < 1.29 is 38.1 Å². The minimum atomic E-state index is -0.352. The smallest absolute Gasteiger partial charge is 0.272 e. The number of ether oxygens (including phenoxy) is 4. The maximum absolute atomic E-state index is 13.2. The Balaban J connectivity index is 0.000000194. The van der Waals surface area contributed by atoms with E-state index in [1.54, 1.807) is 36.4 Å². The van der Waals surface area contributed by atoms with Gasteiger partial charge in [-0.25, -0.2) is 9.97 Å². The fourth-order valence-electron chi connectivity index (χ4n) is 7.90. The van der Waals surface area contributed by atoms with Crippen LogP contribution < -0.4 is 30.7 Å². The van der Waals surface area contributed by atoms with Gasteiger partial charge in [0.05, 0.1) is 25.6 Å². The summed E-state index contributed by atoms with van der Waals surface area (Å²) in [5, 5.41) is 16.1. The Labute approximate surface area is 386 Å². The number of fused-ring (bicyclic) bond motifs is 2. The first-order valence-corrected chi connectivity index (χ1v) is 22.8. The third-order valence-electron chi connectivity index (χ3n) is 11.7. The van der Waals surface area contributed by atoms with E-state index >= 15 is 0 Å². The highest BCUT2D eigenvalue weighted by Crippen LogP contribution is 2.28. The van der Waals surface area contributed by atoms with E-state index in [0.29, 0.717) is 90.9 Å². The Hall–Kier alpha value is -6.42. The van der Waals surface area contributed by atoms with Crippen LogP contribution in [0.4, 0.5) is 11.4 Å². The molecule has 4 amide bonds. The lowest BCUT2D eigenvalue weighted by Crippen LogP contribution is -2.33. The maximum atomic E-state index is 13.2. The van der Waals surface area contributed by atoms with Gasteiger partial charge in [-0.1, -0.05) is 76.6 Å². The lowest BCUT2D eigenvalue weighted by molar-refractivity contribution is 0.0642. The average molecular weight is 946 g/mol. The van der Waals surface area contributed by atoms with E-state index < -0.39 is 0 Å². The molecule has 65 heavy (non-hydrogen) atoms. The van der Waals surface area contributed by atoms with Crippen molar-refractivity contribution in [2.45, 2.75) is 37.9 Å². The number of nitrogens with one attached hydrogen (secondary N) is 4. The van der Waals surface area contributed by atoms with Gasteiger partial charge in [0.2, 0.25) is 11.8 Å². The van der Waals surface area contributed by atoms with Crippen LogP contribution in [-0.2, 0) is 14.8 Å². The van der Waals surface area contributed by atoms with Gasteiger partial charge in [-0.2, -0.15) is 0 Å². The monoisotopic (exact) mass is 944 g/mol. The molecule has 2 fully saturated rings. The minimum Gasteiger partial charge on any atom is -0.481 e. The Morgan fingerprint density at radius 3 is 1.46 bits per heavy atom. The van der Waals surface area contributed by atoms with E-state index in [0.717, 1.165) is 58.4 Å².